The molecule has 0 unspecified atom stereocenters. The van der Waals surface area contributed by atoms with Crippen molar-refractivity contribution in [1.82, 2.24) is 20.9 Å². The maximum Gasteiger partial charge on any atom is 0.318 e. The summed E-state index contributed by atoms with van der Waals surface area (Å²) in [6.07, 6.45) is 9.20. The van der Waals surface area contributed by atoms with Gasteiger partial charge in [-0.15, -0.1) is 0 Å². The second-order valence-corrected chi connectivity index (χ2v) is 9.55. The summed E-state index contributed by atoms with van der Waals surface area (Å²) in [7, 11) is 0. The second-order valence-electron chi connectivity index (χ2n) is 9.55. The normalized spacial score (nSPS) is 20.6. The quantitative estimate of drug-likeness (QED) is 0.399. The van der Waals surface area contributed by atoms with Crippen LogP contribution in [0.1, 0.15) is 71.1 Å². The molecule has 1 aliphatic carbocycles. The second kappa shape index (κ2) is 13.5. The van der Waals surface area contributed by atoms with Crippen molar-refractivity contribution >= 4 is 23.6 Å². The Kier molecular flexibility index (Phi) is 10.4. The molecule has 1 saturated heterocycles. The molecule has 0 bridgehead atoms. The Balaban J connectivity index is 1.66. The van der Waals surface area contributed by atoms with Crippen molar-refractivity contribution in [2.24, 2.45) is 0 Å². The summed E-state index contributed by atoms with van der Waals surface area (Å²) in [6.45, 7) is 4.63. The molecule has 10 heteroatoms. The Morgan fingerprint density at radius 3 is 2.46 bits per heavy atom. The molecular weight excluding hydrogens is 452 g/mol. The number of rotatable bonds is 10. The van der Waals surface area contributed by atoms with E-state index in [1.807, 2.05) is 13.0 Å². The first-order chi connectivity index (χ1) is 16.9. The lowest BCUT2D eigenvalue weighted by Crippen LogP contribution is -2.64. The predicted octanol–water partition coefficient (Wildman–Crippen LogP) is 1.79. The van der Waals surface area contributed by atoms with E-state index in [-0.39, 0.29) is 18.5 Å². The molecule has 10 nitrogen and oxygen atoms in total. The van der Waals surface area contributed by atoms with Gasteiger partial charge in [0, 0.05) is 13.1 Å². The highest BCUT2D eigenvalue weighted by Gasteiger charge is 2.43. The van der Waals surface area contributed by atoms with Crippen molar-refractivity contribution in [2.75, 3.05) is 39.5 Å². The van der Waals surface area contributed by atoms with Gasteiger partial charge in [0.1, 0.15) is 11.3 Å². The fourth-order valence-electron chi connectivity index (χ4n) is 4.73. The Morgan fingerprint density at radius 1 is 1.06 bits per heavy atom. The van der Waals surface area contributed by atoms with Crippen LogP contribution in [0.3, 0.4) is 0 Å². The van der Waals surface area contributed by atoms with Gasteiger partial charge in [-0.05, 0) is 38.2 Å². The minimum atomic E-state index is -1.09. The average Bonchev–Trinajstić information content (AvgIpc) is 2.90. The molecule has 3 aliphatic rings. The van der Waals surface area contributed by atoms with Crippen LogP contribution in [0.15, 0.2) is 11.8 Å². The number of ether oxygens (including phenoxy) is 2. The largest absolute Gasteiger partial charge is 0.496 e. The van der Waals surface area contributed by atoms with Gasteiger partial charge in [0.05, 0.1) is 32.4 Å². The summed E-state index contributed by atoms with van der Waals surface area (Å²) < 4.78 is 10.8. The van der Waals surface area contributed by atoms with Crippen LogP contribution in [0.25, 0.3) is 0 Å². The van der Waals surface area contributed by atoms with Crippen molar-refractivity contribution in [2.45, 2.75) is 82.7 Å². The molecule has 4 amide bonds. The first-order valence-corrected chi connectivity index (χ1v) is 13.0. The molecule has 0 spiro atoms. The zero-order valence-corrected chi connectivity index (χ0v) is 20.9. The van der Waals surface area contributed by atoms with E-state index >= 15 is 0 Å². The summed E-state index contributed by atoms with van der Waals surface area (Å²) >= 11 is 0. The number of morpholine rings is 1. The van der Waals surface area contributed by atoms with Gasteiger partial charge < -0.3 is 30.3 Å². The van der Waals surface area contributed by atoms with Crippen LogP contribution >= 0.6 is 0 Å². The molecule has 1 saturated carbocycles. The Bertz CT molecular complexity index is 787. The van der Waals surface area contributed by atoms with Crippen LogP contribution in [-0.4, -0.2) is 79.6 Å². The van der Waals surface area contributed by atoms with Crippen molar-refractivity contribution in [3.8, 4) is 0 Å². The zero-order chi connectivity index (χ0) is 25.1. The van der Waals surface area contributed by atoms with Gasteiger partial charge >= 0.3 is 6.03 Å². The van der Waals surface area contributed by atoms with E-state index in [1.165, 1.54) is 0 Å². The Labute approximate surface area is 207 Å². The summed E-state index contributed by atoms with van der Waals surface area (Å²) in [5, 5.41) is 8.44. The molecule has 0 aromatic carbocycles. The van der Waals surface area contributed by atoms with Crippen LogP contribution in [0, 0.1) is 0 Å². The SMILES string of the molecule is CCCC[C@H](NC(=O)C1(NC(=O)N2CCOCC2)CCCCC1)C(=O)C(=O)NCC1=CCCCO1. The molecule has 196 valence electrons. The molecule has 0 aromatic rings. The van der Waals surface area contributed by atoms with Gasteiger partial charge in [-0.2, -0.15) is 0 Å². The lowest BCUT2D eigenvalue weighted by Gasteiger charge is -2.39. The number of hydrogen-bond donors (Lipinski definition) is 3. The van der Waals surface area contributed by atoms with Gasteiger partial charge in [0.25, 0.3) is 5.91 Å². The van der Waals surface area contributed by atoms with Gasteiger partial charge in [-0.3, -0.25) is 14.4 Å². The highest BCUT2D eigenvalue weighted by atomic mass is 16.5. The summed E-state index contributed by atoms with van der Waals surface area (Å²) in [4.78, 5) is 53.8. The molecule has 2 aliphatic heterocycles. The van der Waals surface area contributed by atoms with Crippen LogP contribution in [-0.2, 0) is 23.9 Å². The van der Waals surface area contributed by atoms with Crippen molar-refractivity contribution in [3.05, 3.63) is 11.8 Å². The van der Waals surface area contributed by atoms with E-state index in [0.717, 1.165) is 38.5 Å². The molecule has 3 N–H and O–H groups in total. The smallest absolute Gasteiger partial charge is 0.318 e. The number of urea groups is 1. The summed E-state index contributed by atoms with van der Waals surface area (Å²) in [5.41, 5.74) is -1.09. The number of hydrogen-bond acceptors (Lipinski definition) is 6. The third-order valence-corrected chi connectivity index (χ3v) is 6.91. The first-order valence-electron chi connectivity index (χ1n) is 13.0. The Hall–Kier alpha value is -2.62. The van der Waals surface area contributed by atoms with E-state index in [2.05, 4.69) is 16.0 Å². The maximum absolute atomic E-state index is 13.6. The molecule has 0 aromatic heterocycles. The third kappa shape index (κ3) is 7.68. The Morgan fingerprint density at radius 2 is 1.80 bits per heavy atom. The standard InChI is InChI=1S/C25H40N4O6/c1-2-3-10-20(21(30)22(31)26-18-19-9-5-8-15-35-19)27-23(32)25(11-6-4-7-12-25)28-24(33)29-13-16-34-17-14-29/h9,20H,2-8,10-18H2,1H3,(H,26,31)(H,27,32)(H,28,33)/t20-/m0/s1. The van der Waals surface area contributed by atoms with Crippen molar-refractivity contribution < 1.29 is 28.7 Å². The minimum absolute atomic E-state index is 0.151. The molecule has 0 radical (unpaired) electrons. The van der Waals surface area contributed by atoms with E-state index in [9.17, 15) is 19.2 Å². The summed E-state index contributed by atoms with van der Waals surface area (Å²) in [6, 6.07) is -1.23. The van der Waals surface area contributed by atoms with Crippen LogP contribution in [0.5, 0.6) is 0 Å². The number of carbonyl (C=O) groups excluding carboxylic acids is 4. The predicted molar refractivity (Wildman–Crippen MR) is 129 cm³/mol. The minimum Gasteiger partial charge on any atom is -0.496 e. The lowest BCUT2D eigenvalue weighted by atomic mass is 9.80. The number of nitrogens with zero attached hydrogens (tertiary/aromatic N) is 1. The molecular formula is C25H40N4O6. The van der Waals surface area contributed by atoms with Crippen molar-refractivity contribution in [3.63, 3.8) is 0 Å². The van der Waals surface area contributed by atoms with Crippen LogP contribution < -0.4 is 16.0 Å². The fraction of sp³-hybridized carbons (Fsp3) is 0.760. The van der Waals surface area contributed by atoms with Gasteiger partial charge in [0.15, 0.2) is 0 Å². The van der Waals surface area contributed by atoms with Crippen molar-refractivity contribution in [1.29, 1.82) is 0 Å². The monoisotopic (exact) mass is 492 g/mol. The number of allylic oxidation sites excluding steroid dienone is 1. The topological polar surface area (TPSA) is 126 Å². The molecule has 1 atom stereocenters. The number of amides is 4. The highest BCUT2D eigenvalue weighted by Crippen LogP contribution is 2.29. The number of Topliss-reactive ketones (excluding diaryl/α,β-unsaturated/α-hetero) is 1. The third-order valence-electron chi connectivity index (χ3n) is 6.91. The average molecular weight is 493 g/mol. The first kappa shape index (κ1) is 27.0. The van der Waals surface area contributed by atoms with E-state index in [1.54, 1.807) is 4.90 Å². The molecule has 2 fully saturated rings. The molecule has 2 heterocycles. The molecule has 3 rings (SSSR count). The fourth-order valence-corrected chi connectivity index (χ4v) is 4.73. The van der Waals surface area contributed by atoms with E-state index in [0.29, 0.717) is 64.4 Å². The number of nitrogens with one attached hydrogen (secondary N) is 3. The van der Waals surface area contributed by atoms with E-state index in [4.69, 9.17) is 9.47 Å². The number of unbranched alkanes of at least 4 members (excludes halogenated alkanes) is 1. The van der Waals surface area contributed by atoms with Crippen LogP contribution in [0.4, 0.5) is 4.79 Å². The lowest BCUT2D eigenvalue weighted by molar-refractivity contribution is -0.141. The van der Waals surface area contributed by atoms with Gasteiger partial charge in [0.2, 0.25) is 11.7 Å². The number of ketones is 1. The summed E-state index contributed by atoms with van der Waals surface area (Å²) in [5.74, 6) is -1.15. The van der Waals surface area contributed by atoms with E-state index < -0.39 is 23.3 Å². The zero-order valence-electron chi connectivity index (χ0n) is 20.9. The maximum atomic E-state index is 13.6. The van der Waals surface area contributed by atoms with Crippen LogP contribution in [0.2, 0.25) is 0 Å². The number of carbonyl (C=O) groups is 4. The highest BCUT2D eigenvalue weighted by molar-refractivity contribution is 6.38. The van der Waals surface area contributed by atoms with Gasteiger partial charge in [-0.1, -0.05) is 39.0 Å². The molecule has 35 heavy (non-hydrogen) atoms. The van der Waals surface area contributed by atoms with Gasteiger partial charge in [-0.25, -0.2) is 4.79 Å².